The van der Waals surface area contributed by atoms with Crippen molar-refractivity contribution < 1.29 is 27.6 Å². The van der Waals surface area contributed by atoms with E-state index in [2.05, 4.69) is 9.82 Å². The Bertz CT molecular complexity index is 1410. The maximum atomic E-state index is 13.3. The minimum absolute atomic E-state index is 0.109. The van der Waals surface area contributed by atoms with Gasteiger partial charge in [-0.1, -0.05) is 18.2 Å². The number of hydrogen-bond acceptors (Lipinski definition) is 8. The zero-order valence-electron chi connectivity index (χ0n) is 20.6. The number of sulfonamides is 1. The standard InChI is InChI=1S/C24H27N5O7S/c1-16(2)26-37(33,34)21-15-19(29(31)32)9-10-20(21)36-24-17(3)22(23(30)27-11-13-35-14-12-27)25-28(24)18-7-5-4-6-8-18/h4-10,15-16,26H,11-14H2,1-3H3. The molecule has 0 saturated carbocycles. The molecule has 196 valence electrons. The van der Waals surface area contributed by atoms with Crippen LogP contribution in [0.1, 0.15) is 29.9 Å². The summed E-state index contributed by atoms with van der Waals surface area (Å²) in [6.45, 7) is 6.58. The van der Waals surface area contributed by atoms with Gasteiger partial charge in [0.1, 0.15) is 10.6 Å². The van der Waals surface area contributed by atoms with Crippen LogP contribution >= 0.6 is 0 Å². The van der Waals surface area contributed by atoms with Gasteiger partial charge in [-0.3, -0.25) is 14.9 Å². The Balaban J connectivity index is 1.85. The van der Waals surface area contributed by atoms with Crippen molar-refractivity contribution in [3.8, 4) is 17.3 Å². The second kappa shape index (κ2) is 10.7. The predicted molar refractivity (Wildman–Crippen MR) is 134 cm³/mol. The lowest BCUT2D eigenvalue weighted by Crippen LogP contribution is -2.41. The smallest absolute Gasteiger partial charge is 0.274 e. The van der Waals surface area contributed by atoms with Gasteiger partial charge in [0.2, 0.25) is 15.9 Å². The van der Waals surface area contributed by atoms with E-state index in [4.69, 9.17) is 9.47 Å². The number of amides is 1. The summed E-state index contributed by atoms with van der Waals surface area (Å²) < 4.78 is 41.4. The topological polar surface area (TPSA) is 146 Å². The van der Waals surface area contributed by atoms with Gasteiger partial charge >= 0.3 is 0 Å². The van der Waals surface area contributed by atoms with Crippen molar-refractivity contribution in [1.82, 2.24) is 19.4 Å². The fraction of sp³-hybridized carbons (Fsp3) is 0.333. The van der Waals surface area contributed by atoms with Crippen molar-refractivity contribution in [2.75, 3.05) is 26.3 Å². The summed E-state index contributed by atoms with van der Waals surface area (Å²) in [5, 5.41) is 15.9. The third-order valence-corrected chi connectivity index (χ3v) is 7.27. The molecule has 1 aliphatic rings. The zero-order valence-corrected chi connectivity index (χ0v) is 21.4. The number of nitrogens with zero attached hydrogens (tertiary/aromatic N) is 4. The van der Waals surface area contributed by atoms with Crippen LogP contribution in [0.25, 0.3) is 5.69 Å². The van der Waals surface area contributed by atoms with E-state index in [1.54, 1.807) is 49.9 Å². The number of para-hydroxylation sites is 1. The molecule has 4 rings (SSSR count). The second-order valence-electron chi connectivity index (χ2n) is 8.70. The van der Waals surface area contributed by atoms with Gasteiger partial charge in [-0.25, -0.2) is 13.1 Å². The highest BCUT2D eigenvalue weighted by Gasteiger charge is 2.30. The molecule has 1 N–H and O–H groups in total. The summed E-state index contributed by atoms with van der Waals surface area (Å²) in [6, 6.07) is 11.8. The van der Waals surface area contributed by atoms with E-state index >= 15 is 0 Å². The van der Waals surface area contributed by atoms with Crippen LogP contribution in [0, 0.1) is 17.0 Å². The largest absolute Gasteiger partial charge is 0.437 e. The highest BCUT2D eigenvalue weighted by molar-refractivity contribution is 7.89. The molecule has 0 aliphatic carbocycles. The maximum Gasteiger partial charge on any atom is 0.274 e. The summed E-state index contributed by atoms with van der Waals surface area (Å²) in [7, 11) is -4.18. The van der Waals surface area contributed by atoms with Gasteiger partial charge in [-0.2, -0.15) is 9.78 Å². The number of aromatic nitrogens is 2. The number of nitro groups is 1. The summed E-state index contributed by atoms with van der Waals surface area (Å²) in [5.74, 6) is -0.347. The molecule has 1 aromatic heterocycles. The fourth-order valence-corrected chi connectivity index (χ4v) is 5.24. The van der Waals surface area contributed by atoms with E-state index in [1.165, 1.54) is 10.7 Å². The molecular weight excluding hydrogens is 502 g/mol. The van der Waals surface area contributed by atoms with Crippen LogP contribution in [0.2, 0.25) is 0 Å². The van der Waals surface area contributed by atoms with E-state index in [0.717, 1.165) is 12.1 Å². The Hall–Kier alpha value is -3.81. The molecule has 1 aliphatic heterocycles. The molecule has 12 nitrogen and oxygen atoms in total. The van der Waals surface area contributed by atoms with Crippen molar-refractivity contribution in [1.29, 1.82) is 0 Å². The Labute approximate surface area is 214 Å². The molecule has 1 saturated heterocycles. The first-order valence-corrected chi connectivity index (χ1v) is 13.1. The van der Waals surface area contributed by atoms with Crippen LogP contribution in [0.5, 0.6) is 11.6 Å². The normalized spacial score (nSPS) is 14.1. The lowest BCUT2D eigenvalue weighted by molar-refractivity contribution is -0.385. The van der Waals surface area contributed by atoms with Crippen LogP contribution in [-0.2, 0) is 14.8 Å². The minimum Gasteiger partial charge on any atom is -0.437 e. The van der Waals surface area contributed by atoms with Crippen molar-refractivity contribution in [2.24, 2.45) is 0 Å². The Morgan fingerprint density at radius 1 is 1.16 bits per heavy atom. The van der Waals surface area contributed by atoms with E-state index in [1.807, 2.05) is 6.07 Å². The molecule has 0 radical (unpaired) electrons. The molecule has 2 aromatic carbocycles. The number of carbonyl (C=O) groups is 1. The zero-order chi connectivity index (χ0) is 26.7. The number of carbonyl (C=O) groups excluding carboxylic acids is 1. The number of non-ortho nitro benzene ring substituents is 1. The first-order valence-electron chi connectivity index (χ1n) is 11.6. The van der Waals surface area contributed by atoms with Crippen molar-refractivity contribution in [2.45, 2.75) is 31.7 Å². The molecule has 1 amide bonds. The van der Waals surface area contributed by atoms with Crippen molar-refractivity contribution >= 4 is 21.6 Å². The molecule has 37 heavy (non-hydrogen) atoms. The first kappa shape index (κ1) is 26.3. The quantitative estimate of drug-likeness (QED) is 0.346. The van der Waals surface area contributed by atoms with E-state index < -0.39 is 31.6 Å². The summed E-state index contributed by atoms with van der Waals surface area (Å²) in [5.41, 5.74) is 0.701. The van der Waals surface area contributed by atoms with Crippen LogP contribution < -0.4 is 9.46 Å². The summed E-state index contributed by atoms with van der Waals surface area (Å²) >= 11 is 0. The Morgan fingerprint density at radius 2 is 1.84 bits per heavy atom. The van der Waals surface area contributed by atoms with E-state index in [-0.39, 0.29) is 23.2 Å². The summed E-state index contributed by atoms with van der Waals surface area (Å²) in [6.07, 6.45) is 0. The molecule has 0 bridgehead atoms. The second-order valence-corrected chi connectivity index (χ2v) is 10.4. The van der Waals surface area contributed by atoms with E-state index in [0.29, 0.717) is 37.6 Å². The van der Waals surface area contributed by atoms with E-state index in [9.17, 15) is 23.3 Å². The predicted octanol–water partition coefficient (Wildman–Crippen LogP) is 3.04. The Morgan fingerprint density at radius 3 is 2.46 bits per heavy atom. The van der Waals surface area contributed by atoms with Crippen molar-refractivity contribution in [3.05, 3.63) is 69.9 Å². The number of nitro benzene ring substituents is 1. The lowest BCUT2D eigenvalue weighted by atomic mass is 10.2. The summed E-state index contributed by atoms with van der Waals surface area (Å²) in [4.78, 5) is 25.2. The van der Waals surface area contributed by atoms with Gasteiger partial charge in [0.05, 0.1) is 23.8 Å². The molecule has 0 spiro atoms. The highest BCUT2D eigenvalue weighted by Crippen LogP contribution is 2.36. The first-order chi connectivity index (χ1) is 17.6. The number of rotatable bonds is 8. The lowest BCUT2D eigenvalue weighted by Gasteiger charge is -2.26. The molecule has 1 fully saturated rings. The third-order valence-electron chi connectivity index (χ3n) is 5.60. The molecule has 13 heteroatoms. The van der Waals surface area contributed by atoms with Crippen LogP contribution in [-0.4, -0.2) is 66.3 Å². The molecular formula is C24H27N5O7S. The SMILES string of the molecule is Cc1c(C(=O)N2CCOCC2)nn(-c2ccccc2)c1Oc1ccc([N+](=O)[O-])cc1S(=O)(=O)NC(C)C. The molecule has 2 heterocycles. The van der Waals surface area contributed by atoms with Gasteiger partial charge in [0, 0.05) is 36.8 Å². The number of morpholine rings is 1. The number of hydrogen-bond donors (Lipinski definition) is 1. The fourth-order valence-electron chi connectivity index (χ4n) is 3.85. The number of benzene rings is 2. The van der Waals surface area contributed by atoms with Crippen LogP contribution in [0.4, 0.5) is 5.69 Å². The Kier molecular flexibility index (Phi) is 7.57. The number of nitrogens with one attached hydrogen (secondary N) is 1. The highest BCUT2D eigenvalue weighted by atomic mass is 32.2. The molecule has 0 atom stereocenters. The third kappa shape index (κ3) is 5.63. The van der Waals surface area contributed by atoms with Gasteiger partial charge < -0.3 is 14.4 Å². The molecule has 0 unspecified atom stereocenters. The number of ether oxygens (including phenoxy) is 2. The van der Waals surface area contributed by atoms with Crippen LogP contribution in [0.3, 0.4) is 0 Å². The van der Waals surface area contributed by atoms with Crippen LogP contribution in [0.15, 0.2) is 53.4 Å². The van der Waals surface area contributed by atoms with Gasteiger partial charge in [-0.05, 0) is 39.0 Å². The molecule has 3 aromatic rings. The van der Waals surface area contributed by atoms with Gasteiger partial charge in [-0.15, -0.1) is 0 Å². The minimum atomic E-state index is -4.18. The average Bonchev–Trinajstić information content (AvgIpc) is 3.19. The van der Waals surface area contributed by atoms with Crippen molar-refractivity contribution in [3.63, 3.8) is 0 Å². The monoisotopic (exact) mass is 529 g/mol. The van der Waals surface area contributed by atoms with Gasteiger partial charge in [0.25, 0.3) is 11.6 Å². The average molecular weight is 530 g/mol. The van der Waals surface area contributed by atoms with Gasteiger partial charge in [0.15, 0.2) is 5.69 Å². The maximum absolute atomic E-state index is 13.3.